The van der Waals surface area contributed by atoms with Crippen LogP contribution in [-0.2, 0) is 10.0 Å². The van der Waals surface area contributed by atoms with E-state index in [0.29, 0.717) is 5.56 Å². The van der Waals surface area contributed by atoms with Crippen LogP contribution < -0.4 is 5.73 Å². The van der Waals surface area contributed by atoms with Crippen LogP contribution in [0.1, 0.15) is 5.56 Å². The lowest BCUT2D eigenvalue weighted by molar-refractivity contribution is -0.385. The van der Waals surface area contributed by atoms with Gasteiger partial charge in [0.2, 0.25) is 0 Å². The summed E-state index contributed by atoms with van der Waals surface area (Å²) in [4.78, 5) is 9.71. The van der Waals surface area contributed by atoms with Crippen molar-refractivity contribution < 1.29 is 13.3 Å². The zero-order chi connectivity index (χ0) is 15.5. The van der Waals surface area contributed by atoms with Gasteiger partial charge in [-0.05, 0) is 6.07 Å². The van der Waals surface area contributed by atoms with Crippen molar-refractivity contribution in [2.45, 2.75) is 4.90 Å². The van der Waals surface area contributed by atoms with E-state index in [9.17, 15) is 18.5 Å². The molecular weight excluding hydrogens is 294 g/mol. The lowest BCUT2D eigenvalue weighted by Gasteiger charge is -2.02. The molecular formula is C13H11N3O4S. The van der Waals surface area contributed by atoms with E-state index in [-0.39, 0.29) is 16.4 Å². The topological polar surface area (TPSA) is 116 Å². The summed E-state index contributed by atoms with van der Waals surface area (Å²) in [6, 6.07) is 13.0. The molecule has 0 amide bonds. The maximum atomic E-state index is 12.1. The number of nitro benzene ring substituents is 1. The number of non-ortho nitro benzene ring substituents is 1. The molecule has 0 atom stereocenters. The van der Waals surface area contributed by atoms with Gasteiger partial charge in [-0.25, -0.2) is 0 Å². The third-order valence-corrected chi connectivity index (χ3v) is 3.90. The number of amidine groups is 1. The quantitative estimate of drug-likeness (QED) is 0.399. The molecule has 0 saturated carbocycles. The minimum Gasteiger partial charge on any atom is -0.383 e. The van der Waals surface area contributed by atoms with E-state index >= 15 is 0 Å². The highest BCUT2D eigenvalue weighted by Crippen LogP contribution is 2.19. The molecule has 108 valence electrons. The molecule has 0 fully saturated rings. The lowest BCUT2D eigenvalue weighted by Crippen LogP contribution is -2.16. The van der Waals surface area contributed by atoms with Crippen molar-refractivity contribution in [3.63, 3.8) is 0 Å². The van der Waals surface area contributed by atoms with Crippen LogP contribution in [0.2, 0.25) is 0 Å². The highest BCUT2D eigenvalue weighted by Gasteiger charge is 2.17. The Kier molecular flexibility index (Phi) is 3.99. The van der Waals surface area contributed by atoms with Crippen LogP contribution in [0.4, 0.5) is 5.69 Å². The van der Waals surface area contributed by atoms with E-state index in [1.54, 1.807) is 30.3 Å². The number of nitrogens with zero attached hydrogens (tertiary/aromatic N) is 2. The van der Waals surface area contributed by atoms with E-state index in [0.717, 1.165) is 6.07 Å². The summed E-state index contributed by atoms with van der Waals surface area (Å²) in [5.41, 5.74) is 5.77. The average molecular weight is 305 g/mol. The van der Waals surface area contributed by atoms with Gasteiger partial charge in [0, 0.05) is 17.7 Å². The van der Waals surface area contributed by atoms with Gasteiger partial charge in [-0.1, -0.05) is 36.4 Å². The van der Waals surface area contributed by atoms with Crippen LogP contribution in [0, 0.1) is 10.1 Å². The van der Waals surface area contributed by atoms with E-state index in [1.807, 2.05) is 0 Å². The first-order chi connectivity index (χ1) is 9.90. The summed E-state index contributed by atoms with van der Waals surface area (Å²) in [7, 11) is -4.11. The second-order valence-electron chi connectivity index (χ2n) is 4.07. The molecule has 0 bridgehead atoms. The lowest BCUT2D eigenvalue weighted by atomic mass is 10.2. The van der Waals surface area contributed by atoms with Crippen LogP contribution in [0.15, 0.2) is 63.9 Å². The van der Waals surface area contributed by atoms with Crippen LogP contribution in [0.3, 0.4) is 0 Å². The Hall–Kier alpha value is -2.74. The van der Waals surface area contributed by atoms with Crippen molar-refractivity contribution in [3.8, 4) is 0 Å². The zero-order valence-electron chi connectivity index (χ0n) is 10.7. The van der Waals surface area contributed by atoms with Gasteiger partial charge >= 0.3 is 0 Å². The summed E-state index contributed by atoms with van der Waals surface area (Å²) in [6.07, 6.45) is 0. The Morgan fingerprint density at radius 3 is 2.38 bits per heavy atom. The first kappa shape index (κ1) is 14.7. The van der Waals surface area contributed by atoms with E-state index < -0.39 is 14.9 Å². The predicted octanol–water partition coefficient (Wildman–Crippen LogP) is 1.69. The fourth-order valence-corrected chi connectivity index (χ4v) is 2.59. The van der Waals surface area contributed by atoms with Crippen molar-refractivity contribution in [2.75, 3.05) is 0 Å². The monoisotopic (exact) mass is 305 g/mol. The Morgan fingerprint density at radius 1 is 1.10 bits per heavy atom. The Morgan fingerprint density at radius 2 is 1.76 bits per heavy atom. The smallest absolute Gasteiger partial charge is 0.284 e. The number of hydrogen-bond acceptors (Lipinski definition) is 4. The summed E-state index contributed by atoms with van der Waals surface area (Å²) in [5.74, 6) is -0.179. The molecule has 0 aliphatic heterocycles. The molecule has 21 heavy (non-hydrogen) atoms. The van der Waals surface area contributed by atoms with E-state index in [4.69, 9.17) is 5.73 Å². The first-order valence-corrected chi connectivity index (χ1v) is 7.24. The number of sulfonamides is 1. The van der Waals surface area contributed by atoms with Gasteiger partial charge in [-0.3, -0.25) is 10.1 Å². The summed E-state index contributed by atoms with van der Waals surface area (Å²) in [5, 5.41) is 10.7. The Bertz CT molecular complexity index is 801. The molecule has 2 rings (SSSR count). The molecule has 0 saturated heterocycles. The Labute approximate surface area is 121 Å². The normalized spacial score (nSPS) is 12.1. The first-order valence-electron chi connectivity index (χ1n) is 5.80. The molecule has 0 aliphatic rings. The molecule has 2 aromatic carbocycles. The van der Waals surface area contributed by atoms with Crippen molar-refractivity contribution in [1.82, 2.24) is 0 Å². The van der Waals surface area contributed by atoms with Gasteiger partial charge in [-0.2, -0.15) is 8.42 Å². The van der Waals surface area contributed by atoms with Crippen molar-refractivity contribution >= 4 is 21.5 Å². The Balaban J connectivity index is 2.43. The molecule has 0 radical (unpaired) electrons. The van der Waals surface area contributed by atoms with Gasteiger partial charge in [0.1, 0.15) is 5.84 Å². The third-order valence-electron chi connectivity index (χ3n) is 2.61. The highest BCUT2D eigenvalue weighted by atomic mass is 32.2. The van der Waals surface area contributed by atoms with Crippen LogP contribution in [0.25, 0.3) is 0 Å². The molecule has 8 heteroatoms. The minimum absolute atomic E-state index is 0.179. The second-order valence-corrected chi connectivity index (χ2v) is 5.68. The summed E-state index contributed by atoms with van der Waals surface area (Å²) in [6.45, 7) is 0. The molecule has 2 N–H and O–H groups in total. The molecule has 0 heterocycles. The number of nitrogens with two attached hydrogens (primary N) is 1. The molecule has 0 aromatic heterocycles. The molecule has 0 aliphatic carbocycles. The van der Waals surface area contributed by atoms with Gasteiger partial charge in [0.05, 0.1) is 9.82 Å². The number of nitro groups is 1. The fraction of sp³-hybridized carbons (Fsp3) is 0. The summed E-state index contributed by atoms with van der Waals surface area (Å²) >= 11 is 0. The van der Waals surface area contributed by atoms with Crippen LogP contribution in [-0.4, -0.2) is 19.2 Å². The maximum Gasteiger partial charge on any atom is 0.284 e. The summed E-state index contributed by atoms with van der Waals surface area (Å²) < 4.78 is 27.7. The van der Waals surface area contributed by atoms with Gasteiger partial charge in [0.15, 0.2) is 0 Å². The second kappa shape index (κ2) is 5.71. The number of benzene rings is 2. The molecule has 0 unspecified atom stereocenters. The van der Waals surface area contributed by atoms with Crippen molar-refractivity contribution in [1.29, 1.82) is 0 Å². The van der Waals surface area contributed by atoms with Crippen molar-refractivity contribution in [2.24, 2.45) is 10.1 Å². The van der Waals surface area contributed by atoms with Crippen LogP contribution in [0.5, 0.6) is 0 Å². The molecule has 7 nitrogen and oxygen atoms in total. The minimum atomic E-state index is -4.11. The highest BCUT2D eigenvalue weighted by molar-refractivity contribution is 7.90. The standard InChI is InChI=1S/C13H11N3O4S/c14-13(10-5-2-1-3-6-10)15-21(19,20)12-8-4-7-11(9-12)16(17)18/h1-9H,(H2,14,15). The molecule has 0 spiro atoms. The molecule has 2 aromatic rings. The third kappa shape index (κ3) is 3.42. The predicted molar refractivity (Wildman–Crippen MR) is 77.4 cm³/mol. The SMILES string of the molecule is NC(=NS(=O)(=O)c1cccc([N+](=O)[O-])c1)c1ccccc1. The number of hydrogen-bond donors (Lipinski definition) is 1. The fourth-order valence-electron chi connectivity index (χ4n) is 1.60. The largest absolute Gasteiger partial charge is 0.383 e. The van der Waals surface area contributed by atoms with E-state index in [1.165, 1.54) is 18.2 Å². The van der Waals surface area contributed by atoms with Gasteiger partial charge in [0.25, 0.3) is 15.7 Å². The average Bonchev–Trinajstić information content (AvgIpc) is 2.48. The van der Waals surface area contributed by atoms with Crippen molar-refractivity contribution in [3.05, 3.63) is 70.3 Å². The van der Waals surface area contributed by atoms with Crippen LogP contribution >= 0.6 is 0 Å². The van der Waals surface area contributed by atoms with E-state index in [2.05, 4.69) is 4.40 Å². The zero-order valence-corrected chi connectivity index (χ0v) is 11.5. The number of rotatable bonds is 4. The van der Waals surface area contributed by atoms with Gasteiger partial charge in [-0.15, -0.1) is 4.40 Å². The maximum absolute atomic E-state index is 12.1. The van der Waals surface area contributed by atoms with Gasteiger partial charge < -0.3 is 5.73 Å².